The van der Waals surface area contributed by atoms with Crippen molar-refractivity contribution < 1.29 is 13.2 Å². The minimum atomic E-state index is -3.81. The molecule has 3 rings (SSSR count). The summed E-state index contributed by atoms with van der Waals surface area (Å²) in [4.78, 5) is 14.1. The zero-order chi connectivity index (χ0) is 20.1. The third-order valence-electron chi connectivity index (χ3n) is 4.51. The molecule has 1 heterocycles. The van der Waals surface area contributed by atoms with E-state index in [1.807, 2.05) is 30.1 Å². The molecule has 1 amide bonds. The van der Waals surface area contributed by atoms with Gasteiger partial charge in [-0.3, -0.25) is 4.79 Å². The summed E-state index contributed by atoms with van der Waals surface area (Å²) in [5, 5.41) is 3.38. The average molecular weight is 420 g/mol. The number of aryl methyl sites for hydroxylation is 1. The van der Waals surface area contributed by atoms with Crippen LogP contribution in [0.5, 0.6) is 0 Å². The molecule has 0 aromatic heterocycles. The number of carbonyl (C=O) groups excluding carboxylic acids is 1. The summed E-state index contributed by atoms with van der Waals surface area (Å²) in [7, 11) is -1.98. The van der Waals surface area contributed by atoms with Crippen LogP contribution in [0, 0.1) is 0 Å². The molecular formula is C20H22ClN3O3S. The summed E-state index contributed by atoms with van der Waals surface area (Å²) >= 11 is 5.95. The standard InChI is InChI=1S/C20H22ClN3O3S/c1-24-12-4-9-19(24)23-28(26,27)18-8-3-7-17(14-18)22-20(25)11-10-15-5-2-6-16(21)13-15/h2-3,5-8,13-14H,4,9-12H2,1H3,(H,22,25)/b23-19+. The maximum absolute atomic E-state index is 12.6. The topological polar surface area (TPSA) is 78.8 Å². The Morgan fingerprint density at radius 3 is 2.71 bits per heavy atom. The Morgan fingerprint density at radius 1 is 1.21 bits per heavy atom. The minimum absolute atomic E-state index is 0.0629. The van der Waals surface area contributed by atoms with Gasteiger partial charge >= 0.3 is 0 Å². The van der Waals surface area contributed by atoms with Gasteiger partial charge in [0.25, 0.3) is 10.0 Å². The van der Waals surface area contributed by atoms with Crippen molar-refractivity contribution in [3.63, 3.8) is 0 Å². The molecule has 1 aliphatic rings. The fourth-order valence-corrected chi connectivity index (χ4v) is 4.36. The zero-order valence-corrected chi connectivity index (χ0v) is 17.1. The summed E-state index contributed by atoms with van der Waals surface area (Å²) in [5.74, 6) is 0.368. The molecule has 8 heteroatoms. The lowest BCUT2D eigenvalue weighted by atomic mass is 10.1. The van der Waals surface area contributed by atoms with Crippen molar-refractivity contribution >= 4 is 39.1 Å². The van der Waals surface area contributed by atoms with Crippen molar-refractivity contribution in [1.29, 1.82) is 0 Å². The summed E-state index contributed by atoms with van der Waals surface area (Å²) in [6, 6.07) is 13.5. The van der Waals surface area contributed by atoms with Crippen LogP contribution in [0.25, 0.3) is 0 Å². The van der Waals surface area contributed by atoms with E-state index in [1.165, 1.54) is 12.1 Å². The normalized spacial score (nSPS) is 15.8. The molecule has 0 bridgehead atoms. The number of rotatable bonds is 6. The lowest BCUT2D eigenvalue weighted by Gasteiger charge is -2.11. The molecular weight excluding hydrogens is 398 g/mol. The van der Waals surface area contributed by atoms with Crippen molar-refractivity contribution in [3.05, 3.63) is 59.1 Å². The monoisotopic (exact) mass is 419 g/mol. The first-order chi connectivity index (χ1) is 13.3. The van der Waals surface area contributed by atoms with Crippen LogP contribution in [-0.2, 0) is 21.2 Å². The van der Waals surface area contributed by atoms with Gasteiger partial charge in [0.1, 0.15) is 5.84 Å². The first kappa shape index (κ1) is 20.4. The lowest BCUT2D eigenvalue weighted by molar-refractivity contribution is -0.116. The van der Waals surface area contributed by atoms with E-state index in [4.69, 9.17) is 11.6 Å². The highest BCUT2D eigenvalue weighted by molar-refractivity contribution is 7.90. The highest BCUT2D eigenvalue weighted by Crippen LogP contribution is 2.20. The number of nitrogens with zero attached hydrogens (tertiary/aromatic N) is 2. The van der Waals surface area contributed by atoms with Gasteiger partial charge in [-0.15, -0.1) is 4.40 Å². The third kappa shape index (κ3) is 5.33. The molecule has 1 fully saturated rings. The molecule has 28 heavy (non-hydrogen) atoms. The number of nitrogens with one attached hydrogen (secondary N) is 1. The summed E-state index contributed by atoms with van der Waals surface area (Å²) in [6.45, 7) is 0.803. The first-order valence-corrected chi connectivity index (χ1v) is 10.8. The number of benzene rings is 2. The Kier molecular flexibility index (Phi) is 6.36. The Labute approximate surface area is 170 Å². The maximum Gasteiger partial charge on any atom is 0.284 e. The molecule has 148 valence electrons. The Bertz CT molecular complexity index is 1010. The van der Waals surface area contributed by atoms with E-state index in [-0.39, 0.29) is 17.2 Å². The van der Waals surface area contributed by atoms with E-state index >= 15 is 0 Å². The van der Waals surface area contributed by atoms with E-state index < -0.39 is 10.0 Å². The van der Waals surface area contributed by atoms with Crippen molar-refractivity contribution in [2.45, 2.75) is 30.6 Å². The highest BCUT2D eigenvalue weighted by atomic mass is 35.5. The predicted molar refractivity (Wildman–Crippen MR) is 111 cm³/mol. The number of halogens is 1. The summed E-state index contributed by atoms with van der Waals surface area (Å²) in [5.41, 5.74) is 1.40. The van der Waals surface area contributed by atoms with Crippen molar-refractivity contribution in [3.8, 4) is 0 Å². The molecule has 6 nitrogen and oxygen atoms in total. The molecule has 1 aliphatic heterocycles. The van der Waals surface area contributed by atoms with Crippen LogP contribution in [-0.4, -0.2) is 38.7 Å². The fourth-order valence-electron chi connectivity index (χ4n) is 3.01. The highest BCUT2D eigenvalue weighted by Gasteiger charge is 2.20. The second kappa shape index (κ2) is 8.75. The van der Waals surface area contributed by atoms with Gasteiger partial charge in [-0.25, -0.2) is 0 Å². The van der Waals surface area contributed by atoms with Crippen LogP contribution in [0.4, 0.5) is 5.69 Å². The number of anilines is 1. The van der Waals surface area contributed by atoms with Gasteiger partial charge in [0, 0.05) is 37.1 Å². The number of likely N-dealkylation sites (tertiary alicyclic amines) is 1. The molecule has 0 unspecified atom stereocenters. The average Bonchev–Trinajstić information content (AvgIpc) is 3.04. The molecule has 0 saturated carbocycles. The number of amides is 1. The van der Waals surface area contributed by atoms with Gasteiger partial charge in [0.05, 0.1) is 4.90 Å². The number of hydrogen-bond acceptors (Lipinski definition) is 3. The van der Waals surface area contributed by atoms with Crippen LogP contribution in [0.15, 0.2) is 57.8 Å². The largest absolute Gasteiger partial charge is 0.362 e. The van der Waals surface area contributed by atoms with Gasteiger partial charge in [-0.1, -0.05) is 29.8 Å². The van der Waals surface area contributed by atoms with E-state index in [0.717, 1.165) is 18.5 Å². The number of sulfonamides is 1. The molecule has 0 spiro atoms. The predicted octanol–water partition coefficient (Wildman–Crippen LogP) is 3.72. The Morgan fingerprint density at radius 2 is 2.00 bits per heavy atom. The zero-order valence-electron chi connectivity index (χ0n) is 15.6. The second-order valence-corrected chi connectivity index (χ2v) is 8.75. The number of hydrogen-bond donors (Lipinski definition) is 1. The van der Waals surface area contributed by atoms with Gasteiger partial charge in [-0.2, -0.15) is 8.42 Å². The van der Waals surface area contributed by atoms with Gasteiger partial charge in [-0.05, 0) is 48.7 Å². The smallest absolute Gasteiger partial charge is 0.284 e. The van der Waals surface area contributed by atoms with Crippen LogP contribution in [0.1, 0.15) is 24.8 Å². The van der Waals surface area contributed by atoms with Gasteiger partial charge in [0.15, 0.2) is 0 Å². The van der Waals surface area contributed by atoms with Crippen molar-refractivity contribution in [2.75, 3.05) is 18.9 Å². The maximum atomic E-state index is 12.6. The number of amidine groups is 1. The number of carbonyl (C=O) groups is 1. The van der Waals surface area contributed by atoms with Crippen LogP contribution in [0.2, 0.25) is 5.02 Å². The first-order valence-electron chi connectivity index (χ1n) is 9.03. The van der Waals surface area contributed by atoms with Crippen LogP contribution >= 0.6 is 11.6 Å². The molecule has 0 radical (unpaired) electrons. The Hall–Kier alpha value is -2.38. The van der Waals surface area contributed by atoms with Crippen LogP contribution < -0.4 is 5.32 Å². The molecule has 2 aromatic rings. The van der Waals surface area contributed by atoms with Gasteiger partial charge in [0.2, 0.25) is 5.91 Å². The molecule has 1 N–H and O–H groups in total. The lowest BCUT2D eigenvalue weighted by Crippen LogP contribution is -2.20. The molecule has 0 aliphatic carbocycles. The molecule has 2 aromatic carbocycles. The van der Waals surface area contributed by atoms with E-state index in [0.29, 0.717) is 29.4 Å². The summed E-state index contributed by atoms with van der Waals surface area (Å²) < 4.78 is 29.1. The summed E-state index contributed by atoms with van der Waals surface area (Å²) in [6.07, 6.45) is 2.36. The SMILES string of the molecule is CN1CCC/C1=N\S(=O)(=O)c1cccc(NC(=O)CCc2cccc(Cl)c2)c1. The van der Waals surface area contributed by atoms with Crippen molar-refractivity contribution in [2.24, 2.45) is 4.40 Å². The van der Waals surface area contributed by atoms with Gasteiger partial charge < -0.3 is 10.2 Å². The molecule has 1 saturated heterocycles. The Balaban J connectivity index is 1.66. The van der Waals surface area contributed by atoms with Crippen molar-refractivity contribution in [1.82, 2.24) is 4.90 Å². The fraction of sp³-hybridized carbons (Fsp3) is 0.300. The molecule has 0 atom stereocenters. The third-order valence-corrected chi connectivity index (χ3v) is 6.04. The van der Waals surface area contributed by atoms with E-state index in [1.54, 1.807) is 18.2 Å². The van der Waals surface area contributed by atoms with E-state index in [9.17, 15) is 13.2 Å². The minimum Gasteiger partial charge on any atom is -0.362 e. The van der Waals surface area contributed by atoms with E-state index in [2.05, 4.69) is 9.71 Å². The van der Waals surface area contributed by atoms with Crippen LogP contribution in [0.3, 0.4) is 0 Å². The second-order valence-electron chi connectivity index (χ2n) is 6.71. The quantitative estimate of drug-likeness (QED) is 0.773.